The molecule has 0 radical (unpaired) electrons. The largest absolute Gasteiger partial charge is 0.502 e. The van der Waals surface area contributed by atoms with Gasteiger partial charge in [0.1, 0.15) is 28.6 Å². The van der Waals surface area contributed by atoms with Crippen molar-refractivity contribution in [1.82, 2.24) is 0 Å². The van der Waals surface area contributed by atoms with Gasteiger partial charge in [-0.3, -0.25) is 4.79 Å². The second kappa shape index (κ2) is 9.08. The lowest BCUT2D eigenvalue weighted by Gasteiger charge is -2.15. The Kier molecular flexibility index (Phi) is 6.04. The SMILES string of the molecule is COc1ccc(/C=C/c2cc(OC)cc(OC)c2-c2oc3cc(F)ccc3c(=O)c2O)cc1. The van der Waals surface area contributed by atoms with Crippen molar-refractivity contribution in [2.24, 2.45) is 0 Å². The number of halogens is 1. The number of rotatable bonds is 6. The summed E-state index contributed by atoms with van der Waals surface area (Å²) in [5.41, 5.74) is 1.10. The van der Waals surface area contributed by atoms with Crippen LogP contribution < -0.4 is 19.6 Å². The van der Waals surface area contributed by atoms with Crippen molar-refractivity contribution in [3.63, 3.8) is 0 Å². The fourth-order valence-electron chi connectivity index (χ4n) is 3.49. The van der Waals surface area contributed by atoms with Crippen molar-refractivity contribution in [3.8, 4) is 34.3 Å². The Labute approximate surface area is 189 Å². The van der Waals surface area contributed by atoms with Gasteiger partial charge in [-0.15, -0.1) is 0 Å². The zero-order chi connectivity index (χ0) is 23.5. The number of methoxy groups -OCH3 is 3. The quantitative estimate of drug-likeness (QED) is 0.393. The summed E-state index contributed by atoms with van der Waals surface area (Å²) in [6, 6.07) is 14.2. The smallest absolute Gasteiger partial charge is 0.235 e. The lowest BCUT2D eigenvalue weighted by Crippen LogP contribution is -2.04. The molecule has 0 aliphatic heterocycles. The van der Waals surface area contributed by atoms with E-state index in [0.717, 1.165) is 23.4 Å². The lowest BCUT2D eigenvalue weighted by atomic mass is 10.00. The van der Waals surface area contributed by atoms with Crippen LogP contribution in [0.15, 0.2) is 63.8 Å². The molecule has 7 heteroatoms. The van der Waals surface area contributed by atoms with Crippen molar-refractivity contribution in [3.05, 3.63) is 81.8 Å². The molecule has 0 fully saturated rings. The summed E-state index contributed by atoms with van der Waals surface area (Å²) in [6.07, 6.45) is 3.62. The summed E-state index contributed by atoms with van der Waals surface area (Å²) in [4.78, 5) is 12.8. The molecule has 0 saturated heterocycles. The normalized spacial score (nSPS) is 11.2. The Morgan fingerprint density at radius 3 is 2.27 bits per heavy atom. The summed E-state index contributed by atoms with van der Waals surface area (Å²) in [5.74, 6) is 0.231. The Bertz CT molecular complexity index is 1400. The molecule has 1 heterocycles. The molecule has 33 heavy (non-hydrogen) atoms. The molecule has 0 saturated carbocycles. The molecule has 4 rings (SSSR count). The first-order valence-corrected chi connectivity index (χ1v) is 9.99. The van der Waals surface area contributed by atoms with Crippen molar-refractivity contribution in [2.75, 3.05) is 21.3 Å². The molecule has 1 aromatic heterocycles. The third-order valence-electron chi connectivity index (χ3n) is 5.19. The van der Waals surface area contributed by atoms with Crippen LogP contribution in [0.5, 0.6) is 23.0 Å². The Balaban J connectivity index is 1.95. The minimum atomic E-state index is -0.672. The van der Waals surface area contributed by atoms with Crippen LogP contribution in [-0.4, -0.2) is 26.4 Å². The van der Waals surface area contributed by atoms with Crippen molar-refractivity contribution in [1.29, 1.82) is 0 Å². The van der Waals surface area contributed by atoms with Gasteiger partial charge in [-0.2, -0.15) is 0 Å². The number of hydrogen-bond donors (Lipinski definition) is 1. The van der Waals surface area contributed by atoms with Gasteiger partial charge in [0.25, 0.3) is 0 Å². The Morgan fingerprint density at radius 2 is 1.61 bits per heavy atom. The zero-order valence-electron chi connectivity index (χ0n) is 18.2. The first kappa shape index (κ1) is 22.0. The van der Waals surface area contributed by atoms with Crippen LogP contribution in [0.2, 0.25) is 0 Å². The second-order valence-electron chi connectivity index (χ2n) is 7.15. The van der Waals surface area contributed by atoms with E-state index in [2.05, 4.69) is 0 Å². The minimum Gasteiger partial charge on any atom is -0.502 e. The standard InChI is InChI=1S/C26H21FO6/c1-30-18-9-5-15(6-10-18)4-7-16-12-19(31-2)14-22(32-3)23(16)26-25(29)24(28)20-11-8-17(27)13-21(20)33-26/h4-14,29H,1-3H3/b7-4+. The van der Waals surface area contributed by atoms with Crippen LogP contribution in [0.25, 0.3) is 34.4 Å². The highest BCUT2D eigenvalue weighted by Crippen LogP contribution is 2.42. The summed E-state index contributed by atoms with van der Waals surface area (Å²) in [5, 5.41) is 10.8. The molecule has 168 valence electrons. The topological polar surface area (TPSA) is 78.1 Å². The van der Waals surface area contributed by atoms with Crippen molar-refractivity contribution in [2.45, 2.75) is 0 Å². The highest BCUT2D eigenvalue weighted by Gasteiger charge is 2.22. The molecule has 0 bridgehead atoms. The molecule has 1 N–H and O–H groups in total. The van der Waals surface area contributed by atoms with Crippen LogP contribution >= 0.6 is 0 Å². The van der Waals surface area contributed by atoms with E-state index in [1.165, 1.54) is 20.3 Å². The third-order valence-corrected chi connectivity index (χ3v) is 5.19. The highest BCUT2D eigenvalue weighted by atomic mass is 19.1. The maximum atomic E-state index is 13.8. The van der Waals surface area contributed by atoms with Gasteiger partial charge in [-0.25, -0.2) is 4.39 Å². The summed E-state index contributed by atoms with van der Waals surface area (Å²) < 4.78 is 35.7. The van der Waals surface area contributed by atoms with Gasteiger partial charge >= 0.3 is 0 Å². The molecule has 0 aliphatic rings. The Morgan fingerprint density at radius 1 is 0.879 bits per heavy atom. The molecular weight excluding hydrogens is 427 g/mol. The molecule has 0 aliphatic carbocycles. The number of ether oxygens (including phenoxy) is 3. The third kappa shape index (κ3) is 4.25. The van der Waals surface area contributed by atoms with E-state index in [-0.39, 0.29) is 16.7 Å². The first-order chi connectivity index (χ1) is 15.9. The van der Waals surface area contributed by atoms with E-state index < -0.39 is 17.0 Å². The summed E-state index contributed by atoms with van der Waals surface area (Å²) in [6.45, 7) is 0. The van der Waals surface area contributed by atoms with Crippen molar-refractivity contribution >= 4 is 23.1 Å². The molecule has 3 aromatic carbocycles. The van der Waals surface area contributed by atoms with E-state index in [4.69, 9.17) is 18.6 Å². The van der Waals surface area contributed by atoms with E-state index in [1.807, 2.05) is 30.3 Å². The summed E-state index contributed by atoms with van der Waals surface area (Å²) in [7, 11) is 4.56. The van der Waals surface area contributed by atoms with Gasteiger partial charge in [0.15, 0.2) is 5.76 Å². The lowest BCUT2D eigenvalue weighted by molar-refractivity contribution is 0.393. The maximum Gasteiger partial charge on any atom is 0.235 e. The van der Waals surface area contributed by atoms with Gasteiger partial charge in [-0.05, 0) is 41.5 Å². The molecule has 6 nitrogen and oxygen atoms in total. The first-order valence-electron chi connectivity index (χ1n) is 9.99. The van der Waals surface area contributed by atoms with Crippen LogP contribution in [0.3, 0.4) is 0 Å². The highest BCUT2D eigenvalue weighted by molar-refractivity contribution is 5.88. The van der Waals surface area contributed by atoms with Gasteiger partial charge < -0.3 is 23.7 Å². The fraction of sp³-hybridized carbons (Fsp3) is 0.115. The Hall–Kier alpha value is -4.26. The van der Waals surface area contributed by atoms with Crippen LogP contribution in [0.1, 0.15) is 11.1 Å². The van der Waals surface area contributed by atoms with Gasteiger partial charge in [0.2, 0.25) is 11.2 Å². The fourth-order valence-corrected chi connectivity index (χ4v) is 3.49. The number of aromatic hydroxyl groups is 1. The van der Waals surface area contributed by atoms with E-state index in [1.54, 1.807) is 25.3 Å². The maximum absolute atomic E-state index is 13.8. The number of benzene rings is 3. The summed E-state index contributed by atoms with van der Waals surface area (Å²) >= 11 is 0. The molecule has 0 atom stereocenters. The average molecular weight is 448 g/mol. The number of fused-ring (bicyclic) bond motifs is 1. The van der Waals surface area contributed by atoms with Crippen molar-refractivity contribution < 1.29 is 28.1 Å². The van der Waals surface area contributed by atoms with E-state index >= 15 is 0 Å². The molecule has 0 amide bonds. The molecule has 4 aromatic rings. The average Bonchev–Trinajstić information content (AvgIpc) is 2.84. The molecular formula is C26H21FO6. The van der Waals surface area contributed by atoms with E-state index in [9.17, 15) is 14.3 Å². The second-order valence-corrected chi connectivity index (χ2v) is 7.15. The van der Waals surface area contributed by atoms with Gasteiger partial charge in [0, 0.05) is 12.1 Å². The number of hydrogen-bond acceptors (Lipinski definition) is 6. The minimum absolute atomic E-state index is 0.00996. The predicted octanol–water partition coefficient (Wildman–Crippen LogP) is 5.50. The van der Waals surface area contributed by atoms with Crippen LogP contribution in [0, 0.1) is 5.82 Å². The van der Waals surface area contributed by atoms with Crippen LogP contribution in [0.4, 0.5) is 4.39 Å². The van der Waals surface area contributed by atoms with E-state index in [0.29, 0.717) is 22.6 Å². The molecule has 0 spiro atoms. The van der Waals surface area contributed by atoms with Crippen LogP contribution in [-0.2, 0) is 0 Å². The monoisotopic (exact) mass is 448 g/mol. The molecule has 0 unspecified atom stereocenters. The van der Waals surface area contributed by atoms with Gasteiger partial charge in [-0.1, -0.05) is 24.3 Å². The zero-order valence-corrected chi connectivity index (χ0v) is 18.2. The van der Waals surface area contributed by atoms with Gasteiger partial charge in [0.05, 0.1) is 32.3 Å². The predicted molar refractivity (Wildman–Crippen MR) is 125 cm³/mol.